The Labute approximate surface area is 132 Å². The number of likely N-dealkylation sites (N-methyl/N-ethyl adjacent to an activating group) is 1. The Hall–Kier alpha value is -1.13. The zero-order chi connectivity index (χ0) is 14.7. The number of aromatic nitrogens is 1. The highest BCUT2D eigenvalue weighted by Crippen LogP contribution is 2.32. The van der Waals surface area contributed by atoms with E-state index >= 15 is 0 Å². The highest BCUT2D eigenvalue weighted by atomic mass is 79.9. The Morgan fingerprint density at radius 1 is 1.35 bits per heavy atom. The first-order chi connectivity index (χ1) is 9.60. The van der Waals surface area contributed by atoms with Crippen molar-refractivity contribution in [3.8, 4) is 0 Å². The van der Waals surface area contributed by atoms with Gasteiger partial charge in [0.05, 0.1) is 5.52 Å². The van der Waals surface area contributed by atoms with Gasteiger partial charge in [0.1, 0.15) is 5.38 Å². The fourth-order valence-electron chi connectivity index (χ4n) is 2.19. The van der Waals surface area contributed by atoms with Crippen LogP contribution in [0.5, 0.6) is 0 Å². The molecular formula is C15H16BrClN2O. The molecule has 0 N–H and O–H groups in total. The van der Waals surface area contributed by atoms with Gasteiger partial charge >= 0.3 is 0 Å². The summed E-state index contributed by atoms with van der Waals surface area (Å²) in [6, 6.07) is 7.59. The number of benzene rings is 1. The van der Waals surface area contributed by atoms with Crippen LogP contribution in [0.3, 0.4) is 0 Å². The number of pyridine rings is 1. The lowest BCUT2D eigenvalue weighted by molar-refractivity contribution is -0.130. The average Bonchev–Trinajstić information content (AvgIpc) is 2.48. The minimum atomic E-state index is -0.708. The van der Waals surface area contributed by atoms with Crippen molar-refractivity contribution in [2.24, 2.45) is 0 Å². The Morgan fingerprint density at radius 3 is 2.70 bits per heavy atom. The van der Waals surface area contributed by atoms with Gasteiger partial charge in [0, 0.05) is 34.7 Å². The number of carbonyl (C=O) groups is 1. The average molecular weight is 356 g/mol. The molecule has 1 unspecified atom stereocenters. The van der Waals surface area contributed by atoms with Crippen LogP contribution in [-0.4, -0.2) is 28.9 Å². The van der Waals surface area contributed by atoms with Crippen LogP contribution < -0.4 is 0 Å². The number of rotatable bonds is 4. The van der Waals surface area contributed by atoms with Gasteiger partial charge in [-0.1, -0.05) is 28.1 Å². The van der Waals surface area contributed by atoms with Crippen LogP contribution >= 0.6 is 27.5 Å². The summed E-state index contributed by atoms with van der Waals surface area (Å²) in [5.74, 6) is -0.0778. The molecule has 0 saturated carbocycles. The van der Waals surface area contributed by atoms with Gasteiger partial charge in [-0.05, 0) is 26.0 Å². The second kappa shape index (κ2) is 6.55. The molecule has 1 heterocycles. The number of hydrogen-bond acceptors (Lipinski definition) is 2. The van der Waals surface area contributed by atoms with E-state index in [-0.39, 0.29) is 5.91 Å². The molecule has 1 aromatic heterocycles. The fourth-order valence-corrected chi connectivity index (χ4v) is 2.96. The Morgan fingerprint density at radius 2 is 2.05 bits per heavy atom. The number of halogens is 2. The number of alkyl halides is 1. The molecule has 1 aromatic carbocycles. The molecule has 106 valence electrons. The maximum Gasteiger partial charge on any atom is 0.245 e. The summed E-state index contributed by atoms with van der Waals surface area (Å²) in [5, 5.41) is 0.253. The van der Waals surface area contributed by atoms with Crippen molar-refractivity contribution in [1.82, 2.24) is 9.88 Å². The minimum Gasteiger partial charge on any atom is -0.342 e. The van der Waals surface area contributed by atoms with Crippen molar-refractivity contribution in [2.75, 3.05) is 13.1 Å². The third-order valence-corrected chi connectivity index (χ3v) is 4.43. The van der Waals surface area contributed by atoms with Gasteiger partial charge in [0.15, 0.2) is 0 Å². The summed E-state index contributed by atoms with van der Waals surface area (Å²) in [5.41, 5.74) is 1.52. The molecule has 0 aliphatic rings. The van der Waals surface area contributed by atoms with Gasteiger partial charge in [-0.25, -0.2) is 0 Å². The lowest BCUT2D eigenvalue weighted by Gasteiger charge is -2.22. The van der Waals surface area contributed by atoms with Gasteiger partial charge < -0.3 is 4.90 Å². The first kappa shape index (κ1) is 15.3. The first-order valence-electron chi connectivity index (χ1n) is 6.56. The Kier molecular flexibility index (Phi) is 5.00. The molecule has 0 bridgehead atoms. The summed E-state index contributed by atoms with van der Waals surface area (Å²) in [7, 11) is 0. The van der Waals surface area contributed by atoms with E-state index in [2.05, 4.69) is 20.9 Å². The topological polar surface area (TPSA) is 33.2 Å². The van der Waals surface area contributed by atoms with E-state index in [1.54, 1.807) is 11.1 Å². The molecular weight excluding hydrogens is 340 g/mol. The van der Waals surface area contributed by atoms with E-state index in [1.165, 1.54) is 0 Å². The lowest BCUT2D eigenvalue weighted by atomic mass is 10.1. The molecule has 20 heavy (non-hydrogen) atoms. The third-order valence-electron chi connectivity index (χ3n) is 3.31. The maximum absolute atomic E-state index is 12.4. The fraction of sp³-hybridized carbons (Fsp3) is 0.333. The molecule has 1 atom stereocenters. The van der Waals surface area contributed by atoms with Crippen molar-refractivity contribution in [2.45, 2.75) is 19.2 Å². The SMILES string of the molecule is CCN(CC)C(=O)C(Cl)c1ccc(Br)c2cccnc12. The summed E-state index contributed by atoms with van der Waals surface area (Å²) in [4.78, 5) is 18.5. The molecule has 0 aliphatic carbocycles. The number of hydrogen-bond donors (Lipinski definition) is 0. The van der Waals surface area contributed by atoms with Crippen molar-refractivity contribution >= 4 is 44.3 Å². The van der Waals surface area contributed by atoms with Gasteiger partial charge in [-0.2, -0.15) is 0 Å². The van der Waals surface area contributed by atoms with Crippen molar-refractivity contribution in [1.29, 1.82) is 0 Å². The second-order valence-corrected chi connectivity index (χ2v) is 5.70. The molecule has 3 nitrogen and oxygen atoms in total. The smallest absolute Gasteiger partial charge is 0.245 e. The number of amides is 1. The molecule has 0 aliphatic heterocycles. The molecule has 0 radical (unpaired) electrons. The summed E-state index contributed by atoms with van der Waals surface area (Å²) < 4.78 is 0.948. The zero-order valence-corrected chi connectivity index (χ0v) is 13.8. The second-order valence-electron chi connectivity index (χ2n) is 4.41. The molecule has 0 saturated heterocycles. The minimum absolute atomic E-state index is 0.0778. The van der Waals surface area contributed by atoms with Gasteiger partial charge in [0.2, 0.25) is 5.91 Å². The first-order valence-corrected chi connectivity index (χ1v) is 7.79. The molecule has 0 spiro atoms. The summed E-state index contributed by atoms with van der Waals surface area (Å²) >= 11 is 9.89. The molecule has 5 heteroatoms. The van der Waals surface area contributed by atoms with E-state index in [0.717, 1.165) is 20.9 Å². The largest absolute Gasteiger partial charge is 0.342 e. The maximum atomic E-state index is 12.4. The lowest BCUT2D eigenvalue weighted by Crippen LogP contribution is -2.33. The van der Waals surface area contributed by atoms with Crippen LogP contribution in [0.25, 0.3) is 10.9 Å². The zero-order valence-electron chi connectivity index (χ0n) is 11.4. The van der Waals surface area contributed by atoms with E-state index in [4.69, 9.17) is 11.6 Å². The summed E-state index contributed by atoms with van der Waals surface area (Å²) in [6.45, 7) is 5.20. The highest BCUT2D eigenvalue weighted by molar-refractivity contribution is 9.10. The van der Waals surface area contributed by atoms with Crippen LogP contribution in [0.15, 0.2) is 34.9 Å². The van der Waals surface area contributed by atoms with Crippen LogP contribution in [0, 0.1) is 0 Å². The van der Waals surface area contributed by atoms with Crippen LogP contribution in [-0.2, 0) is 4.79 Å². The van der Waals surface area contributed by atoms with Gasteiger partial charge in [-0.3, -0.25) is 9.78 Å². The highest BCUT2D eigenvalue weighted by Gasteiger charge is 2.24. The third kappa shape index (κ3) is 2.81. The predicted molar refractivity (Wildman–Crippen MR) is 86.0 cm³/mol. The standard InChI is InChI=1S/C15H16BrClN2O/c1-3-19(4-2)15(20)13(17)11-7-8-12(16)10-6-5-9-18-14(10)11/h5-9,13H,3-4H2,1-2H3. The number of carbonyl (C=O) groups excluding carboxylic acids is 1. The monoisotopic (exact) mass is 354 g/mol. The Balaban J connectivity index is 2.48. The van der Waals surface area contributed by atoms with Crippen molar-refractivity contribution in [3.63, 3.8) is 0 Å². The van der Waals surface area contributed by atoms with Gasteiger partial charge in [0.25, 0.3) is 0 Å². The van der Waals surface area contributed by atoms with E-state index in [9.17, 15) is 4.79 Å². The van der Waals surface area contributed by atoms with Crippen LogP contribution in [0.1, 0.15) is 24.8 Å². The molecule has 1 amide bonds. The van der Waals surface area contributed by atoms with Crippen molar-refractivity contribution < 1.29 is 4.79 Å². The quantitative estimate of drug-likeness (QED) is 0.772. The van der Waals surface area contributed by atoms with E-state index in [1.807, 2.05) is 38.1 Å². The number of nitrogens with zero attached hydrogens (tertiary/aromatic N) is 2. The van der Waals surface area contributed by atoms with Crippen molar-refractivity contribution in [3.05, 3.63) is 40.5 Å². The summed E-state index contributed by atoms with van der Waals surface area (Å²) in [6.07, 6.45) is 1.71. The predicted octanol–water partition coefficient (Wildman–Crippen LogP) is 4.15. The van der Waals surface area contributed by atoms with E-state index < -0.39 is 5.38 Å². The molecule has 2 aromatic rings. The van der Waals surface area contributed by atoms with Gasteiger partial charge in [-0.15, -0.1) is 11.6 Å². The van der Waals surface area contributed by atoms with E-state index in [0.29, 0.717) is 13.1 Å². The molecule has 0 fully saturated rings. The van der Waals surface area contributed by atoms with Crippen LogP contribution in [0.2, 0.25) is 0 Å². The number of fused-ring (bicyclic) bond motifs is 1. The normalized spacial score (nSPS) is 12.4. The Bertz CT molecular complexity index is 628. The van der Waals surface area contributed by atoms with Crippen LogP contribution in [0.4, 0.5) is 0 Å². The molecule has 2 rings (SSSR count).